The molecule has 3 N–H and O–H groups in total. The maximum absolute atomic E-state index is 10.4. The van der Waals surface area contributed by atoms with E-state index >= 15 is 0 Å². The summed E-state index contributed by atoms with van der Waals surface area (Å²) in [7, 11) is 0. The fourth-order valence-electron chi connectivity index (χ4n) is 1.31. The molecule has 1 amide bonds. The number of nitrogens with zero attached hydrogens (tertiary/aromatic N) is 2. The van der Waals surface area contributed by atoms with E-state index in [2.05, 4.69) is 38.1 Å². The van der Waals surface area contributed by atoms with Crippen LogP contribution < -0.4 is 11.1 Å². The number of hydrogen-bond acceptors (Lipinski definition) is 5. The molecule has 0 saturated heterocycles. The molecule has 6 nitrogen and oxygen atoms in total. The summed E-state index contributed by atoms with van der Waals surface area (Å²) in [5, 5.41) is 3.10. The van der Waals surface area contributed by atoms with Crippen molar-refractivity contribution in [1.29, 1.82) is 0 Å². The van der Waals surface area contributed by atoms with Gasteiger partial charge in [-0.15, -0.1) is 0 Å². The quantitative estimate of drug-likeness (QED) is 0.554. The molecule has 0 aliphatic rings. The highest BCUT2D eigenvalue weighted by Crippen LogP contribution is 2.12. The Bertz CT molecular complexity index is 401. The third kappa shape index (κ3) is 5.92. The second-order valence-corrected chi connectivity index (χ2v) is 4.50. The second-order valence-electron chi connectivity index (χ2n) is 3.69. The standard InChI is InChI=1S/C11H17BrN4O2/c1-2-3-10-15-8(12)6-11(16-10)14-4-5-18-7-9(13)17/h6H,2-5,7H2,1H3,(H2,13,17)(H,14,15,16). The number of primary amides is 1. The predicted molar refractivity (Wildman–Crippen MR) is 72.2 cm³/mol. The van der Waals surface area contributed by atoms with Gasteiger partial charge in [0.05, 0.1) is 6.61 Å². The van der Waals surface area contributed by atoms with Crippen LogP contribution in [0.2, 0.25) is 0 Å². The molecule has 0 fully saturated rings. The van der Waals surface area contributed by atoms with Gasteiger partial charge in [0.2, 0.25) is 5.91 Å². The number of aryl methyl sites for hydroxylation is 1. The number of ether oxygens (including phenoxy) is 1. The third-order valence-electron chi connectivity index (χ3n) is 2.01. The molecule has 0 unspecified atom stereocenters. The third-order valence-corrected chi connectivity index (χ3v) is 2.42. The van der Waals surface area contributed by atoms with Crippen LogP contribution in [-0.2, 0) is 16.0 Å². The van der Waals surface area contributed by atoms with Crippen LogP contribution in [0.5, 0.6) is 0 Å². The Morgan fingerprint density at radius 1 is 1.56 bits per heavy atom. The van der Waals surface area contributed by atoms with Crippen molar-refractivity contribution < 1.29 is 9.53 Å². The first-order chi connectivity index (χ1) is 8.61. The average molecular weight is 317 g/mol. The fourth-order valence-corrected chi connectivity index (χ4v) is 1.74. The minimum absolute atomic E-state index is 0.0593. The first-order valence-corrected chi connectivity index (χ1v) is 6.54. The van der Waals surface area contributed by atoms with E-state index < -0.39 is 5.91 Å². The smallest absolute Gasteiger partial charge is 0.243 e. The largest absolute Gasteiger partial charge is 0.370 e. The van der Waals surface area contributed by atoms with Gasteiger partial charge in [-0.2, -0.15) is 0 Å². The Labute approximate surface area is 114 Å². The lowest BCUT2D eigenvalue weighted by atomic mass is 10.3. The van der Waals surface area contributed by atoms with Crippen molar-refractivity contribution in [2.45, 2.75) is 19.8 Å². The van der Waals surface area contributed by atoms with Crippen LogP contribution in [-0.4, -0.2) is 35.6 Å². The lowest BCUT2D eigenvalue weighted by Crippen LogP contribution is -2.20. The second kappa shape index (κ2) is 7.99. The van der Waals surface area contributed by atoms with Gasteiger partial charge in [-0.3, -0.25) is 4.79 Å². The number of nitrogens with one attached hydrogen (secondary N) is 1. The van der Waals surface area contributed by atoms with Crippen LogP contribution in [0.25, 0.3) is 0 Å². The van der Waals surface area contributed by atoms with Gasteiger partial charge < -0.3 is 15.8 Å². The van der Waals surface area contributed by atoms with Gasteiger partial charge in [0.15, 0.2) is 0 Å². The number of hydrogen-bond donors (Lipinski definition) is 2. The van der Waals surface area contributed by atoms with E-state index in [-0.39, 0.29) is 6.61 Å². The summed E-state index contributed by atoms with van der Waals surface area (Å²) in [6.45, 7) is 2.97. The Morgan fingerprint density at radius 3 is 3.00 bits per heavy atom. The summed E-state index contributed by atoms with van der Waals surface area (Å²) in [6.07, 6.45) is 1.84. The molecule has 1 rings (SSSR count). The molecule has 0 atom stereocenters. The molecule has 0 spiro atoms. The summed E-state index contributed by atoms with van der Waals surface area (Å²) in [6, 6.07) is 1.80. The monoisotopic (exact) mass is 316 g/mol. The van der Waals surface area contributed by atoms with Gasteiger partial charge in [0.1, 0.15) is 22.9 Å². The zero-order chi connectivity index (χ0) is 13.4. The SMILES string of the molecule is CCCc1nc(Br)cc(NCCOCC(N)=O)n1. The van der Waals surface area contributed by atoms with Gasteiger partial charge >= 0.3 is 0 Å². The first-order valence-electron chi connectivity index (χ1n) is 5.75. The number of carbonyl (C=O) groups is 1. The summed E-state index contributed by atoms with van der Waals surface area (Å²) >= 11 is 3.34. The van der Waals surface area contributed by atoms with Crippen LogP contribution in [0.15, 0.2) is 10.7 Å². The predicted octanol–water partition coefficient (Wildman–Crippen LogP) is 1.11. The topological polar surface area (TPSA) is 90.1 Å². The van der Waals surface area contributed by atoms with Crippen LogP contribution in [0.3, 0.4) is 0 Å². The molecule has 18 heavy (non-hydrogen) atoms. The van der Waals surface area contributed by atoms with Crippen LogP contribution in [0.4, 0.5) is 5.82 Å². The van der Waals surface area contributed by atoms with E-state index in [4.69, 9.17) is 10.5 Å². The molecule has 7 heteroatoms. The maximum Gasteiger partial charge on any atom is 0.243 e. The van der Waals surface area contributed by atoms with Gasteiger partial charge in [-0.1, -0.05) is 6.92 Å². The molecule has 0 radical (unpaired) electrons. The molecule has 0 aliphatic carbocycles. The first kappa shape index (κ1) is 14.8. The van der Waals surface area contributed by atoms with Gasteiger partial charge in [0.25, 0.3) is 0 Å². The molecule has 1 aromatic rings. The lowest BCUT2D eigenvalue weighted by molar-refractivity contribution is -0.122. The van der Waals surface area contributed by atoms with Crippen molar-refractivity contribution in [1.82, 2.24) is 9.97 Å². The number of rotatable bonds is 8. The molecule has 0 aliphatic heterocycles. The normalized spacial score (nSPS) is 10.3. The lowest BCUT2D eigenvalue weighted by Gasteiger charge is -2.07. The Kier molecular flexibility index (Phi) is 6.59. The Hall–Kier alpha value is -1.21. The van der Waals surface area contributed by atoms with Crippen molar-refractivity contribution in [2.75, 3.05) is 25.1 Å². The number of anilines is 1. The molecule has 0 saturated carbocycles. The number of amides is 1. The zero-order valence-corrected chi connectivity index (χ0v) is 11.9. The van der Waals surface area contributed by atoms with Crippen molar-refractivity contribution in [3.63, 3.8) is 0 Å². The van der Waals surface area contributed by atoms with Gasteiger partial charge in [-0.05, 0) is 22.4 Å². The van der Waals surface area contributed by atoms with Crippen LogP contribution >= 0.6 is 15.9 Å². The number of carbonyl (C=O) groups excluding carboxylic acids is 1. The fraction of sp³-hybridized carbons (Fsp3) is 0.545. The van der Waals surface area contributed by atoms with E-state index in [1.54, 1.807) is 6.07 Å². The molecule has 1 aromatic heterocycles. The molecule has 100 valence electrons. The highest BCUT2D eigenvalue weighted by molar-refractivity contribution is 9.10. The van der Waals surface area contributed by atoms with Crippen molar-refractivity contribution in [3.05, 3.63) is 16.5 Å². The maximum atomic E-state index is 10.4. The minimum atomic E-state index is -0.468. The van der Waals surface area contributed by atoms with Crippen molar-refractivity contribution >= 4 is 27.7 Å². The molecule has 0 bridgehead atoms. The highest BCUT2D eigenvalue weighted by atomic mass is 79.9. The van der Waals surface area contributed by atoms with Crippen LogP contribution in [0.1, 0.15) is 19.2 Å². The van der Waals surface area contributed by atoms with E-state index in [0.717, 1.165) is 29.1 Å². The summed E-state index contributed by atoms with van der Waals surface area (Å²) < 4.78 is 5.78. The number of aromatic nitrogens is 2. The minimum Gasteiger partial charge on any atom is -0.370 e. The number of nitrogens with two attached hydrogens (primary N) is 1. The summed E-state index contributed by atoms with van der Waals surface area (Å²) in [5.41, 5.74) is 4.95. The zero-order valence-electron chi connectivity index (χ0n) is 10.3. The Morgan fingerprint density at radius 2 is 2.33 bits per heavy atom. The molecule has 0 aromatic carbocycles. The summed E-state index contributed by atoms with van der Waals surface area (Å²) in [4.78, 5) is 19.1. The summed E-state index contributed by atoms with van der Waals surface area (Å²) in [5.74, 6) is 1.07. The van der Waals surface area contributed by atoms with E-state index in [1.807, 2.05) is 0 Å². The van der Waals surface area contributed by atoms with E-state index in [9.17, 15) is 4.79 Å². The van der Waals surface area contributed by atoms with Crippen molar-refractivity contribution in [2.24, 2.45) is 5.73 Å². The highest BCUT2D eigenvalue weighted by Gasteiger charge is 2.02. The molecular weight excluding hydrogens is 300 g/mol. The van der Waals surface area contributed by atoms with Crippen LogP contribution in [0, 0.1) is 0 Å². The van der Waals surface area contributed by atoms with E-state index in [1.165, 1.54) is 0 Å². The average Bonchev–Trinajstić information content (AvgIpc) is 2.28. The van der Waals surface area contributed by atoms with Crippen molar-refractivity contribution in [3.8, 4) is 0 Å². The molecular formula is C11H17BrN4O2. The van der Waals surface area contributed by atoms with Gasteiger partial charge in [-0.25, -0.2) is 9.97 Å². The van der Waals surface area contributed by atoms with Gasteiger partial charge in [0, 0.05) is 19.0 Å². The Balaban J connectivity index is 2.39. The number of halogens is 1. The van der Waals surface area contributed by atoms with E-state index in [0.29, 0.717) is 13.2 Å². The molecule has 1 heterocycles.